The van der Waals surface area contributed by atoms with Gasteiger partial charge in [0.05, 0.1) is 12.3 Å². The maximum absolute atomic E-state index is 12.2. The van der Waals surface area contributed by atoms with Crippen LogP contribution in [0.15, 0.2) is 22.0 Å². The van der Waals surface area contributed by atoms with Crippen molar-refractivity contribution in [2.24, 2.45) is 0 Å². The second kappa shape index (κ2) is 7.29. The van der Waals surface area contributed by atoms with Crippen molar-refractivity contribution < 1.29 is 14.1 Å². The molecule has 0 radical (unpaired) electrons. The Balaban J connectivity index is 1.91. The van der Waals surface area contributed by atoms with Crippen LogP contribution in [-0.4, -0.2) is 22.7 Å². The highest BCUT2D eigenvalue weighted by molar-refractivity contribution is 7.14. The van der Waals surface area contributed by atoms with Crippen LogP contribution in [0.4, 0.5) is 10.8 Å². The Hall–Kier alpha value is -2.67. The molecule has 3 aromatic rings. The van der Waals surface area contributed by atoms with Crippen LogP contribution in [0.5, 0.6) is 0 Å². The second-order valence-corrected chi connectivity index (χ2v) is 6.99. The molecule has 0 unspecified atom stereocenters. The van der Waals surface area contributed by atoms with Crippen LogP contribution in [0, 0.1) is 27.7 Å². The molecule has 1 aromatic carbocycles. The van der Waals surface area contributed by atoms with Crippen molar-refractivity contribution in [3.05, 3.63) is 45.5 Å². The maximum atomic E-state index is 12.2. The fraction of sp³-hybridized carbons (Fsp3) is 0.316. The van der Waals surface area contributed by atoms with Crippen molar-refractivity contribution in [2.45, 2.75) is 34.6 Å². The Labute approximate surface area is 156 Å². The zero-order valence-corrected chi connectivity index (χ0v) is 16.3. The molecule has 2 aromatic heterocycles. The Morgan fingerprint density at radius 1 is 1.23 bits per heavy atom. The largest absolute Gasteiger partial charge is 0.462 e. The van der Waals surface area contributed by atoms with Gasteiger partial charge in [0.1, 0.15) is 11.3 Å². The van der Waals surface area contributed by atoms with E-state index < -0.39 is 5.97 Å². The molecule has 0 saturated heterocycles. The third-order valence-corrected chi connectivity index (χ3v) is 4.75. The lowest BCUT2D eigenvalue weighted by molar-refractivity contribution is 0.0526. The number of hydrogen-bond donors (Lipinski definition) is 1. The first kappa shape index (κ1) is 18.1. The summed E-state index contributed by atoms with van der Waals surface area (Å²) in [6.45, 7) is 9.97. The topological polar surface area (TPSA) is 77.2 Å². The average molecular weight is 371 g/mol. The summed E-state index contributed by atoms with van der Waals surface area (Å²) in [5.74, 6) is -0.114. The predicted molar refractivity (Wildman–Crippen MR) is 102 cm³/mol. The molecule has 2 heterocycles. The molecule has 136 valence electrons. The predicted octanol–water partition coefficient (Wildman–Crippen LogP) is 4.95. The van der Waals surface area contributed by atoms with E-state index in [-0.39, 0.29) is 0 Å². The van der Waals surface area contributed by atoms with Crippen molar-refractivity contribution in [1.29, 1.82) is 0 Å². The van der Waals surface area contributed by atoms with Gasteiger partial charge < -0.3 is 14.6 Å². The Morgan fingerprint density at radius 3 is 2.58 bits per heavy atom. The van der Waals surface area contributed by atoms with Gasteiger partial charge in [0.15, 0.2) is 5.13 Å². The van der Waals surface area contributed by atoms with Crippen LogP contribution in [0.3, 0.4) is 0 Å². The number of benzene rings is 1. The van der Waals surface area contributed by atoms with E-state index in [0.29, 0.717) is 29.3 Å². The summed E-state index contributed by atoms with van der Waals surface area (Å²) in [5, 5.41) is 9.82. The first-order valence-corrected chi connectivity index (χ1v) is 9.22. The number of carbonyl (C=O) groups is 1. The normalized spacial score (nSPS) is 10.8. The molecule has 26 heavy (non-hydrogen) atoms. The molecule has 0 fully saturated rings. The average Bonchev–Trinajstić information content (AvgIpc) is 3.17. The lowest BCUT2D eigenvalue weighted by atomic mass is 10.1. The number of nitrogens with one attached hydrogen (secondary N) is 1. The number of ether oxygens (including phenoxy) is 1. The summed E-state index contributed by atoms with van der Waals surface area (Å²) >= 11 is 1.44. The molecule has 0 amide bonds. The quantitative estimate of drug-likeness (QED) is 0.639. The Kier molecular flexibility index (Phi) is 5.08. The van der Waals surface area contributed by atoms with Crippen LogP contribution in [0.2, 0.25) is 0 Å². The van der Waals surface area contributed by atoms with Gasteiger partial charge in [0.2, 0.25) is 5.76 Å². The smallest absolute Gasteiger partial charge is 0.344 e. The molecule has 3 rings (SSSR count). The summed E-state index contributed by atoms with van der Waals surface area (Å²) in [6.07, 6.45) is 0. The molecule has 0 aliphatic rings. The third-order valence-electron chi connectivity index (χ3n) is 3.99. The van der Waals surface area contributed by atoms with E-state index in [1.807, 2.05) is 5.38 Å². The van der Waals surface area contributed by atoms with Crippen molar-refractivity contribution in [3.8, 4) is 11.5 Å². The third kappa shape index (κ3) is 3.48. The highest BCUT2D eigenvalue weighted by Gasteiger charge is 2.24. The van der Waals surface area contributed by atoms with E-state index in [1.165, 1.54) is 16.9 Å². The molecule has 0 atom stereocenters. The van der Waals surface area contributed by atoms with Crippen LogP contribution < -0.4 is 5.32 Å². The zero-order chi connectivity index (χ0) is 18.8. The first-order chi connectivity index (χ1) is 12.4. The molecule has 7 heteroatoms. The van der Waals surface area contributed by atoms with E-state index in [9.17, 15) is 4.79 Å². The van der Waals surface area contributed by atoms with Crippen LogP contribution in [-0.2, 0) is 4.74 Å². The van der Waals surface area contributed by atoms with Gasteiger partial charge in [-0.2, -0.15) is 0 Å². The lowest BCUT2D eigenvalue weighted by Crippen LogP contribution is -2.06. The minimum absolute atomic E-state index is 0.290. The molecular weight excluding hydrogens is 350 g/mol. The number of carbonyl (C=O) groups excluding carboxylic acids is 1. The van der Waals surface area contributed by atoms with Crippen LogP contribution >= 0.6 is 11.3 Å². The van der Waals surface area contributed by atoms with Gasteiger partial charge in [-0.05, 0) is 45.7 Å². The minimum Gasteiger partial charge on any atom is -0.462 e. The van der Waals surface area contributed by atoms with Gasteiger partial charge in [-0.1, -0.05) is 22.9 Å². The summed E-state index contributed by atoms with van der Waals surface area (Å²) in [4.78, 5) is 16.7. The molecule has 1 N–H and O–H groups in total. The van der Waals surface area contributed by atoms with Crippen LogP contribution in [0.25, 0.3) is 11.5 Å². The fourth-order valence-electron chi connectivity index (χ4n) is 2.91. The van der Waals surface area contributed by atoms with E-state index >= 15 is 0 Å². The second-order valence-electron chi connectivity index (χ2n) is 6.13. The number of thiazole rings is 1. The Morgan fingerprint density at radius 2 is 1.92 bits per heavy atom. The lowest BCUT2D eigenvalue weighted by Gasteiger charge is -2.11. The van der Waals surface area contributed by atoms with Gasteiger partial charge in [-0.15, -0.1) is 11.3 Å². The summed E-state index contributed by atoms with van der Waals surface area (Å²) < 4.78 is 10.4. The SMILES string of the molecule is CCOC(=O)c1c(C)noc1-c1csc(Nc2c(C)cc(C)cc2C)n1. The molecule has 0 aliphatic heterocycles. The summed E-state index contributed by atoms with van der Waals surface area (Å²) in [6, 6.07) is 4.25. The molecule has 0 bridgehead atoms. The number of esters is 1. The van der Waals surface area contributed by atoms with Crippen molar-refractivity contribution in [2.75, 3.05) is 11.9 Å². The molecular formula is C19H21N3O3S. The summed E-state index contributed by atoms with van der Waals surface area (Å²) in [5.41, 5.74) is 5.95. The molecule has 0 saturated carbocycles. The number of hydrogen-bond acceptors (Lipinski definition) is 7. The van der Waals surface area contributed by atoms with Gasteiger partial charge in [0, 0.05) is 11.1 Å². The van der Waals surface area contributed by atoms with Crippen LogP contribution in [0.1, 0.15) is 39.7 Å². The minimum atomic E-state index is -0.450. The van der Waals surface area contributed by atoms with Crippen molar-refractivity contribution in [1.82, 2.24) is 10.1 Å². The van der Waals surface area contributed by atoms with Gasteiger partial charge in [0.25, 0.3) is 0 Å². The van der Waals surface area contributed by atoms with Gasteiger partial charge in [-0.25, -0.2) is 9.78 Å². The monoisotopic (exact) mass is 371 g/mol. The summed E-state index contributed by atoms with van der Waals surface area (Å²) in [7, 11) is 0. The maximum Gasteiger partial charge on any atom is 0.344 e. The number of nitrogens with zero attached hydrogens (tertiary/aromatic N) is 2. The van der Waals surface area contributed by atoms with E-state index in [1.54, 1.807) is 13.8 Å². The number of aromatic nitrogens is 2. The van der Waals surface area contributed by atoms with Crippen molar-refractivity contribution in [3.63, 3.8) is 0 Å². The zero-order valence-electron chi connectivity index (χ0n) is 15.5. The highest BCUT2D eigenvalue weighted by atomic mass is 32.1. The van der Waals surface area contributed by atoms with Gasteiger partial charge in [-0.3, -0.25) is 0 Å². The number of rotatable bonds is 5. The molecule has 6 nitrogen and oxygen atoms in total. The molecule has 0 spiro atoms. The number of anilines is 2. The van der Waals surface area contributed by atoms with E-state index in [0.717, 1.165) is 21.9 Å². The molecule has 0 aliphatic carbocycles. The Bertz CT molecular complexity index is 936. The van der Waals surface area contributed by atoms with Gasteiger partial charge >= 0.3 is 5.97 Å². The number of aryl methyl sites for hydroxylation is 4. The highest BCUT2D eigenvalue weighted by Crippen LogP contribution is 2.32. The first-order valence-electron chi connectivity index (χ1n) is 8.34. The van der Waals surface area contributed by atoms with E-state index in [2.05, 4.69) is 48.4 Å². The van der Waals surface area contributed by atoms with E-state index in [4.69, 9.17) is 9.26 Å². The standard InChI is InChI=1S/C19H21N3O3S/c1-6-24-18(23)15-13(5)22-25-17(15)14-9-26-19(20-14)21-16-11(3)7-10(2)8-12(16)4/h7-9H,6H2,1-5H3,(H,20,21). The fourth-order valence-corrected chi connectivity index (χ4v) is 3.60. The van der Waals surface area contributed by atoms with Crippen molar-refractivity contribution >= 4 is 28.1 Å².